The molecule has 0 unspecified atom stereocenters. The van der Waals surface area contributed by atoms with Crippen molar-refractivity contribution in [1.82, 2.24) is 0 Å². The van der Waals surface area contributed by atoms with E-state index >= 15 is 0 Å². The van der Waals surface area contributed by atoms with Crippen molar-refractivity contribution in [3.05, 3.63) is 0 Å². The van der Waals surface area contributed by atoms with Crippen LogP contribution < -0.4 is 0 Å². The summed E-state index contributed by atoms with van der Waals surface area (Å²) in [6.07, 6.45) is 0. The molecule has 0 aliphatic carbocycles. The maximum Gasteiger partial charge on any atom is 0 e. The second-order valence-electron chi connectivity index (χ2n) is 0. The molecule has 0 aliphatic heterocycles. The maximum absolute atomic E-state index is 0. The van der Waals surface area contributed by atoms with Gasteiger partial charge in [-0.3, -0.25) is 0 Å². The molecule has 0 aliphatic rings. The summed E-state index contributed by atoms with van der Waals surface area (Å²) in [5, 5.41) is 0. The van der Waals surface area contributed by atoms with E-state index in [1.54, 1.807) is 0 Å². The van der Waals surface area contributed by atoms with Gasteiger partial charge in [-0.25, -0.2) is 0 Å². The van der Waals surface area contributed by atoms with Gasteiger partial charge in [0, 0.05) is 85.7 Å². The van der Waals surface area contributed by atoms with Crippen molar-refractivity contribution in [3.8, 4) is 0 Å². The fraction of sp³-hybridized carbons (Fsp3) is 0. The second-order valence-corrected chi connectivity index (χ2v) is 0. The van der Waals surface area contributed by atoms with Crippen molar-refractivity contribution >= 4 is 68.6 Å². The largest absolute Gasteiger partial charge is 0 e. The van der Waals surface area contributed by atoms with Gasteiger partial charge < -0.3 is 0 Å². The van der Waals surface area contributed by atoms with Crippen LogP contribution in [0.3, 0.4) is 0 Å². The molecular formula is AsBiFeSb. The first kappa shape index (κ1) is 29.3. The molecule has 0 saturated heterocycles. The van der Waals surface area contributed by atoms with Crippen molar-refractivity contribution in [2.45, 2.75) is 0 Å². The van der Waals surface area contributed by atoms with Crippen molar-refractivity contribution < 1.29 is 17.1 Å². The number of rotatable bonds is 0. The van der Waals surface area contributed by atoms with Gasteiger partial charge >= 0.3 is 0 Å². The number of hydrogen-bond donors (Lipinski definition) is 0. The topological polar surface area (TPSA) is 0 Å². The minimum absolute atomic E-state index is 0. The van der Waals surface area contributed by atoms with Crippen LogP contribution in [0.2, 0.25) is 0 Å². The van der Waals surface area contributed by atoms with Gasteiger partial charge in [-0.05, 0) is 0 Å². The molecule has 0 fully saturated rings. The SMILES string of the molecule is [As].[Bi].[Fe].[Sb]. The van der Waals surface area contributed by atoms with Crippen LogP contribution in [-0.4, -0.2) is 68.6 Å². The molecule has 0 spiro atoms. The van der Waals surface area contributed by atoms with Gasteiger partial charge in [-0.2, -0.15) is 0 Å². The average molecular weight is 462 g/mol. The molecule has 0 N–H and O–H groups in total. The monoisotopic (exact) mass is 461 g/mol. The van der Waals surface area contributed by atoms with Crippen LogP contribution in [0.5, 0.6) is 0 Å². The Hall–Kier alpha value is 2.78. The molecule has 9 radical (unpaired) electrons. The third kappa shape index (κ3) is 8.84. The van der Waals surface area contributed by atoms with Crippen LogP contribution in [0.15, 0.2) is 0 Å². The average Bonchev–Trinajstić information content (AvgIpc) is 0. The molecule has 0 atom stereocenters. The fourth-order valence-electron chi connectivity index (χ4n) is 0. The molecular weight excluding hydrogens is 462 g/mol. The van der Waals surface area contributed by atoms with E-state index in [2.05, 4.69) is 0 Å². The predicted molar refractivity (Wildman–Crippen MR) is 17.3 cm³/mol. The first-order chi connectivity index (χ1) is 0. The van der Waals surface area contributed by atoms with Gasteiger partial charge in [-0.15, -0.1) is 0 Å². The van der Waals surface area contributed by atoms with E-state index in [1.165, 1.54) is 0 Å². The Morgan fingerprint density at radius 2 is 1.00 bits per heavy atom. The quantitative estimate of drug-likeness (QED) is 0.400. The zero-order valence-electron chi connectivity index (χ0n) is 1.70. The van der Waals surface area contributed by atoms with Crippen molar-refractivity contribution in [1.29, 1.82) is 0 Å². The molecule has 0 heterocycles. The molecule has 23 valence electrons. The summed E-state index contributed by atoms with van der Waals surface area (Å²) < 4.78 is 0. The molecule has 0 aromatic rings. The minimum Gasteiger partial charge on any atom is 0 e. The standard InChI is InChI=1S/As.Bi.Fe.Sb. The smallest absolute Gasteiger partial charge is 0 e. The molecule has 0 saturated carbocycles. The van der Waals surface area contributed by atoms with Crippen LogP contribution in [0.25, 0.3) is 0 Å². The van der Waals surface area contributed by atoms with Gasteiger partial charge in [0.05, 0.1) is 0 Å². The normalized spacial score (nSPS) is 0. The van der Waals surface area contributed by atoms with Crippen LogP contribution in [0.1, 0.15) is 0 Å². The number of hydrogen-bond acceptors (Lipinski definition) is 0. The van der Waals surface area contributed by atoms with E-state index in [0.29, 0.717) is 0 Å². The predicted octanol–water partition coefficient (Wildman–Crippen LogP) is -1.14. The van der Waals surface area contributed by atoms with E-state index in [-0.39, 0.29) is 85.7 Å². The minimum atomic E-state index is 0. The Kier molecular flexibility index (Phi) is 125. The molecule has 0 aromatic carbocycles. The summed E-state index contributed by atoms with van der Waals surface area (Å²) in [5.74, 6) is 0. The van der Waals surface area contributed by atoms with Crippen molar-refractivity contribution in [3.63, 3.8) is 0 Å². The van der Waals surface area contributed by atoms with Crippen LogP contribution in [0, 0.1) is 0 Å². The first-order valence-electron chi connectivity index (χ1n) is 0. The molecule has 0 amide bonds. The summed E-state index contributed by atoms with van der Waals surface area (Å²) in [4.78, 5) is 0. The molecule has 0 nitrogen and oxygen atoms in total. The summed E-state index contributed by atoms with van der Waals surface area (Å²) >= 11 is 0. The Morgan fingerprint density at radius 1 is 1.00 bits per heavy atom. The Bertz CT molecular complexity index is 8.00. The maximum atomic E-state index is 0. The van der Waals surface area contributed by atoms with E-state index in [4.69, 9.17) is 0 Å². The molecule has 0 aromatic heterocycles. The molecule has 4 heteroatoms. The third-order valence-corrected chi connectivity index (χ3v) is 0. The molecule has 0 rings (SSSR count). The zero-order chi connectivity index (χ0) is 0. The Labute approximate surface area is 84.2 Å². The van der Waals surface area contributed by atoms with Crippen LogP contribution >= 0.6 is 0 Å². The van der Waals surface area contributed by atoms with Crippen molar-refractivity contribution in [2.75, 3.05) is 0 Å². The summed E-state index contributed by atoms with van der Waals surface area (Å²) in [7, 11) is 0. The molecule has 0 bridgehead atoms. The van der Waals surface area contributed by atoms with Crippen molar-refractivity contribution in [2.24, 2.45) is 0 Å². The van der Waals surface area contributed by atoms with E-state index < -0.39 is 0 Å². The van der Waals surface area contributed by atoms with Crippen LogP contribution in [-0.2, 0) is 17.1 Å². The van der Waals surface area contributed by atoms with Gasteiger partial charge in [0.15, 0.2) is 0 Å². The van der Waals surface area contributed by atoms with E-state index in [1.807, 2.05) is 0 Å². The van der Waals surface area contributed by atoms with Gasteiger partial charge in [0.1, 0.15) is 0 Å². The molecule has 4 heavy (non-hydrogen) atoms. The zero-order valence-corrected chi connectivity index (χ0v) is 10.7. The Balaban J connectivity index is 0. The first-order valence-corrected chi connectivity index (χ1v) is 0. The van der Waals surface area contributed by atoms with Gasteiger partial charge in [0.25, 0.3) is 0 Å². The summed E-state index contributed by atoms with van der Waals surface area (Å²) in [6.45, 7) is 0. The second kappa shape index (κ2) is 17.1. The Morgan fingerprint density at radius 3 is 1.00 bits per heavy atom. The van der Waals surface area contributed by atoms with E-state index in [0.717, 1.165) is 0 Å². The summed E-state index contributed by atoms with van der Waals surface area (Å²) in [5.41, 5.74) is 0. The van der Waals surface area contributed by atoms with Gasteiger partial charge in [0.2, 0.25) is 0 Å². The fourth-order valence-corrected chi connectivity index (χ4v) is 0. The summed E-state index contributed by atoms with van der Waals surface area (Å²) in [6, 6.07) is 0. The third-order valence-electron chi connectivity index (χ3n) is 0. The van der Waals surface area contributed by atoms with Crippen LogP contribution in [0.4, 0.5) is 0 Å². The van der Waals surface area contributed by atoms with Gasteiger partial charge in [-0.1, -0.05) is 0 Å². The van der Waals surface area contributed by atoms with E-state index in [9.17, 15) is 0 Å².